The Labute approximate surface area is 85.6 Å². The van der Waals surface area contributed by atoms with E-state index in [0.29, 0.717) is 0 Å². The van der Waals surface area contributed by atoms with E-state index in [4.69, 9.17) is 4.74 Å². The van der Waals surface area contributed by atoms with E-state index in [1.807, 2.05) is 34.9 Å². The molecule has 4 heteroatoms. The Hall–Kier alpha value is -0.480. The summed E-state index contributed by atoms with van der Waals surface area (Å²) < 4.78 is 5.65. The zero-order chi connectivity index (χ0) is 10.9. The summed E-state index contributed by atoms with van der Waals surface area (Å²) in [5.41, 5.74) is -0.629. The van der Waals surface area contributed by atoms with Crippen molar-refractivity contribution in [1.82, 2.24) is 4.90 Å². The van der Waals surface area contributed by atoms with Gasteiger partial charge in [-0.3, -0.25) is 0 Å². The summed E-state index contributed by atoms with van der Waals surface area (Å²) in [7, 11) is 3.97. The van der Waals surface area contributed by atoms with Crippen molar-refractivity contribution in [3.05, 3.63) is 4.91 Å². The highest BCUT2D eigenvalue weighted by Gasteiger charge is 2.47. The smallest absolute Gasteiger partial charge is 0.141 e. The second kappa shape index (κ2) is 3.95. The van der Waals surface area contributed by atoms with Crippen molar-refractivity contribution < 1.29 is 4.74 Å². The van der Waals surface area contributed by atoms with Crippen LogP contribution in [-0.2, 0) is 4.74 Å². The number of rotatable bonds is 2. The molecule has 1 heterocycles. The van der Waals surface area contributed by atoms with E-state index < -0.39 is 5.54 Å². The molecule has 4 atom stereocenters. The number of hydrogen-bond acceptors (Lipinski definition) is 4. The Morgan fingerprint density at radius 3 is 2.43 bits per heavy atom. The lowest BCUT2D eigenvalue weighted by Gasteiger charge is -2.46. The fourth-order valence-corrected chi connectivity index (χ4v) is 2.23. The van der Waals surface area contributed by atoms with Crippen LogP contribution in [0.4, 0.5) is 0 Å². The number of nitrogens with zero attached hydrogens (tertiary/aromatic N) is 2. The van der Waals surface area contributed by atoms with Crippen LogP contribution in [0.25, 0.3) is 0 Å². The molecule has 1 rings (SSSR count). The van der Waals surface area contributed by atoms with Gasteiger partial charge in [0.2, 0.25) is 0 Å². The van der Waals surface area contributed by atoms with Crippen LogP contribution in [0.15, 0.2) is 5.18 Å². The first-order valence-electron chi connectivity index (χ1n) is 5.08. The maximum atomic E-state index is 11.0. The monoisotopic (exact) mass is 200 g/mol. The SMILES string of the molecule is CC1CC(N(C)C)C(C)(N=O)[C@H](C)O1. The molecule has 0 aromatic carbocycles. The first-order chi connectivity index (χ1) is 6.41. The van der Waals surface area contributed by atoms with Crippen molar-refractivity contribution in [3.8, 4) is 0 Å². The quantitative estimate of drug-likeness (QED) is 0.636. The number of hydrogen-bond donors (Lipinski definition) is 0. The molecule has 3 unspecified atom stereocenters. The first kappa shape index (κ1) is 11.6. The van der Waals surface area contributed by atoms with Crippen molar-refractivity contribution >= 4 is 0 Å². The first-order valence-corrected chi connectivity index (χ1v) is 5.08. The molecule has 0 aromatic heterocycles. The molecule has 0 spiro atoms. The maximum Gasteiger partial charge on any atom is 0.141 e. The van der Waals surface area contributed by atoms with Gasteiger partial charge in [-0.25, -0.2) is 0 Å². The molecule has 1 fully saturated rings. The van der Waals surface area contributed by atoms with Crippen molar-refractivity contribution in [2.75, 3.05) is 14.1 Å². The van der Waals surface area contributed by atoms with Crippen LogP contribution in [0.5, 0.6) is 0 Å². The Balaban J connectivity index is 2.92. The third-order valence-electron chi connectivity index (χ3n) is 3.31. The standard InChI is InChI=1S/C10H20N2O2/c1-7-6-9(12(4)5)10(3,11-13)8(2)14-7/h7-9H,6H2,1-5H3/t7?,8-,9?,10?/m0/s1. The minimum absolute atomic E-state index is 0.115. The predicted octanol–water partition coefficient (Wildman–Crippen LogP) is 1.64. The van der Waals surface area contributed by atoms with E-state index in [-0.39, 0.29) is 18.2 Å². The molecule has 0 aliphatic carbocycles. The average Bonchev–Trinajstić information content (AvgIpc) is 2.10. The summed E-state index contributed by atoms with van der Waals surface area (Å²) in [5.74, 6) is 0. The van der Waals surface area contributed by atoms with E-state index in [2.05, 4.69) is 10.1 Å². The number of ether oxygens (including phenoxy) is 1. The minimum Gasteiger partial charge on any atom is -0.373 e. The van der Waals surface area contributed by atoms with E-state index in [0.717, 1.165) is 6.42 Å². The predicted molar refractivity (Wildman–Crippen MR) is 56.3 cm³/mol. The number of nitroso groups, excluding NO2 is 1. The van der Waals surface area contributed by atoms with Gasteiger partial charge in [0, 0.05) is 6.04 Å². The van der Waals surface area contributed by atoms with Crippen LogP contribution in [0.1, 0.15) is 27.2 Å². The molecule has 0 aromatic rings. The van der Waals surface area contributed by atoms with Crippen molar-refractivity contribution in [2.45, 2.75) is 51.0 Å². The van der Waals surface area contributed by atoms with Crippen LogP contribution in [-0.4, -0.2) is 42.8 Å². The molecule has 1 aliphatic heterocycles. The molecule has 14 heavy (non-hydrogen) atoms. The normalized spacial score (nSPS) is 44.0. The van der Waals surface area contributed by atoms with Crippen molar-refractivity contribution in [2.24, 2.45) is 5.18 Å². The fourth-order valence-electron chi connectivity index (χ4n) is 2.23. The molecule has 0 amide bonds. The van der Waals surface area contributed by atoms with Crippen molar-refractivity contribution in [3.63, 3.8) is 0 Å². The highest BCUT2D eigenvalue weighted by atomic mass is 16.5. The van der Waals surface area contributed by atoms with E-state index in [1.54, 1.807) is 0 Å². The molecule has 0 saturated carbocycles. The van der Waals surface area contributed by atoms with Gasteiger partial charge in [0.1, 0.15) is 5.54 Å². The van der Waals surface area contributed by atoms with Gasteiger partial charge in [0.15, 0.2) is 0 Å². The molecule has 0 N–H and O–H groups in total. The Morgan fingerprint density at radius 1 is 1.43 bits per heavy atom. The highest BCUT2D eigenvalue weighted by molar-refractivity contribution is 5.03. The Bertz CT molecular complexity index is 220. The van der Waals surface area contributed by atoms with Crippen LogP contribution >= 0.6 is 0 Å². The second-order valence-electron chi connectivity index (χ2n) is 4.62. The highest BCUT2D eigenvalue weighted by Crippen LogP contribution is 2.34. The van der Waals surface area contributed by atoms with Gasteiger partial charge in [0.05, 0.1) is 12.2 Å². The van der Waals surface area contributed by atoms with Crippen molar-refractivity contribution in [1.29, 1.82) is 0 Å². The third kappa shape index (κ3) is 1.81. The van der Waals surface area contributed by atoms with Gasteiger partial charge in [0.25, 0.3) is 0 Å². The lowest BCUT2D eigenvalue weighted by Crippen LogP contribution is -2.59. The summed E-state index contributed by atoms with van der Waals surface area (Å²) in [6.45, 7) is 5.84. The molecule has 4 nitrogen and oxygen atoms in total. The van der Waals surface area contributed by atoms with Gasteiger partial charge in [-0.15, -0.1) is 0 Å². The van der Waals surface area contributed by atoms with Gasteiger partial charge < -0.3 is 9.64 Å². The third-order valence-corrected chi connectivity index (χ3v) is 3.31. The molecule has 0 radical (unpaired) electrons. The minimum atomic E-state index is -0.629. The summed E-state index contributed by atoms with van der Waals surface area (Å²) in [4.78, 5) is 13.0. The molecular weight excluding hydrogens is 180 g/mol. The van der Waals surface area contributed by atoms with Crippen LogP contribution in [0.3, 0.4) is 0 Å². The average molecular weight is 200 g/mol. The fraction of sp³-hybridized carbons (Fsp3) is 1.00. The largest absolute Gasteiger partial charge is 0.373 e. The van der Waals surface area contributed by atoms with E-state index in [1.165, 1.54) is 0 Å². The summed E-state index contributed by atoms with van der Waals surface area (Å²) in [6.07, 6.45) is 0.947. The molecule has 1 saturated heterocycles. The van der Waals surface area contributed by atoms with Gasteiger partial charge in [-0.1, -0.05) is 5.18 Å². The lowest BCUT2D eigenvalue weighted by atomic mass is 9.81. The van der Waals surface area contributed by atoms with Crippen LogP contribution in [0.2, 0.25) is 0 Å². The molecule has 82 valence electrons. The zero-order valence-corrected chi connectivity index (χ0v) is 9.65. The van der Waals surface area contributed by atoms with Crippen LogP contribution < -0.4 is 0 Å². The van der Waals surface area contributed by atoms with Gasteiger partial charge in [-0.05, 0) is 41.3 Å². The summed E-state index contributed by atoms with van der Waals surface area (Å²) in [6, 6.07) is 0.166. The van der Waals surface area contributed by atoms with Gasteiger partial charge in [-0.2, -0.15) is 4.91 Å². The Morgan fingerprint density at radius 2 is 2.00 bits per heavy atom. The van der Waals surface area contributed by atoms with E-state index in [9.17, 15) is 4.91 Å². The molecule has 1 aliphatic rings. The number of likely N-dealkylation sites (N-methyl/N-ethyl adjacent to an activating group) is 1. The topological polar surface area (TPSA) is 41.9 Å². The Kier molecular flexibility index (Phi) is 3.27. The van der Waals surface area contributed by atoms with Crippen LogP contribution in [0, 0.1) is 4.91 Å². The van der Waals surface area contributed by atoms with E-state index >= 15 is 0 Å². The van der Waals surface area contributed by atoms with Gasteiger partial charge >= 0.3 is 0 Å². The maximum absolute atomic E-state index is 11.0. The summed E-state index contributed by atoms with van der Waals surface area (Å²) >= 11 is 0. The molecule has 0 bridgehead atoms. The second-order valence-corrected chi connectivity index (χ2v) is 4.62. The lowest BCUT2D eigenvalue weighted by molar-refractivity contribution is -0.104. The molecular formula is C10H20N2O2. The zero-order valence-electron chi connectivity index (χ0n) is 9.65. The summed E-state index contributed by atoms with van der Waals surface area (Å²) in [5, 5.41) is 3.28.